The van der Waals surface area contributed by atoms with Crippen molar-refractivity contribution in [2.24, 2.45) is 0 Å². The zero-order chi connectivity index (χ0) is 13.1. The van der Waals surface area contributed by atoms with Crippen LogP contribution in [0, 0.1) is 0 Å². The molecular formula is C16H17NO2. The first-order valence-corrected chi connectivity index (χ1v) is 6.61. The van der Waals surface area contributed by atoms with Gasteiger partial charge in [0, 0.05) is 6.54 Å². The molecule has 0 spiro atoms. The first kappa shape index (κ1) is 11.9. The van der Waals surface area contributed by atoms with Crippen LogP contribution in [-0.2, 0) is 0 Å². The fourth-order valence-corrected chi connectivity index (χ4v) is 2.23. The molecule has 1 N–H and O–H groups in total. The second-order valence-corrected chi connectivity index (χ2v) is 4.44. The Hall–Kier alpha value is -2.16. The molecule has 2 aromatic rings. The van der Waals surface area contributed by atoms with Crippen molar-refractivity contribution < 1.29 is 9.47 Å². The minimum Gasteiger partial charge on any atom is -0.494 e. The molecule has 98 valence electrons. The van der Waals surface area contributed by atoms with E-state index in [-0.39, 0.29) is 0 Å². The molecule has 0 saturated heterocycles. The molecule has 0 aromatic heterocycles. The molecule has 1 aliphatic rings. The lowest BCUT2D eigenvalue weighted by Gasteiger charge is -2.19. The summed E-state index contributed by atoms with van der Waals surface area (Å²) in [5.74, 6) is 1.84. The number of hydrogen-bond acceptors (Lipinski definition) is 3. The highest BCUT2D eigenvalue weighted by atomic mass is 16.5. The molecule has 0 aliphatic carbocycles. The average molecular weight is 255 g/mol. The van der Waals surface area contributed by atoms with Gasteiger partial charge in [-0.05, 0) is 42.3 Å². The first-order valence-electron chi connectivity index (χ1n) is 6.61. The average Bonchev–Trinajstić information content (AvgIpc) is 2.48. The van der Waals surface area contributed by atoms with Crippen molar-refractivity contribution in [2.75, 3.05) is 25.1 Å². The Morgan fingerprint density at radius 1 is 1.11 bits per heavy atom. The van der Waals surface area contributed by atoms with Crippen molar-refractivity contribution >= 4 is 5.69 Å². The van der Waals surface area contributed by atoms with E-state index in [1.54, 1.807) is 0 Å². The summed E-state index contributed by atoms with van der Waals surface area (Å²) < 4.78 is 11.0. The standard InChI is InChI=1S/C16H17NO2/c1-2-18-14-6-3-12(4-7-14)13-5-8-16-15(11-13)17-9-10-19-16/h3-8,11,17H,2,9-10H2,1H3. The maximum absolute atomic E-state index is 5.58. The molecular weight excluding hydrogens is 238 g/mol. The molecule has 3 heteroatoms. The quantitative estimate of drug-likeness (QED) is 0.909. The normalized spacial score (nSPS) is 13.1. The first-order chi connectivity index (χ1) is 9.36. The SMILES string of the molecule is CCOc1ccc(-c2ccc3c(c2)NCCO3)cc1. The van der Waals surface area contributed by atoms with Crippen LogP contribution >= 0.6 is 0 Å². The Bertz CT molecular complexity index is 563. The Morgan fingerprint density at radius 2 is 1.89 bits per heavy atom. The topological polar surface area (TPSA) is 30.5 Å². The second-order valence-electron chi connectivity index (χ2n) is 4.44. The monoisotopic (exact) mass is 255 g/mol. The zero-order valence-electron chi connectivity index (χ0n) is 11.0. The van der Waals surface area contributed by atoms with Gasteiger partial charge in [0.05, 0.1) is 12.3 Å². The fraction of sp³-hybridized carbons (Fsp3) is 0.250. The smallest absolute Gasteiger partial charge is 0.142 e. The lowest BCUT2D eigenvalue weighted by atomic mass is 10.0. The van der Waals surface area contributed by atoms with Crippen molar-refractivity contribution in [1.82, 2.24) is 0 Å². The highest BCUT2D eigenvalue weighted by molar-refractivity contribution is 5.72. The molecule has 0 unspecified atom stereocenters. The highest BCUT2D eigenvalue weighted by Gasteiger charge is 2.10. The predicted octanol–water partition coefficient (Wildman–Crippen LogP) is 3.56. The third-order valence-corrected chi connectivity index (χ3v) is 3.15. The van der Waals surface area contributed by atoms with Gasteiger partial charge in [0.1, 0.15) is 18.1 Å². The summed E-state index contributed by atoms with van der Waals surface area (Å²) in [6, 6.07) is 14.4. The van der Waals surface area contributed by atoms with Crippen LogP contribution in [0.1, 0.15) is 6.92 Å². The number of rotatable bonds is 3. The Morgan fingerprint density at radius 3 is 2.68 bits per heavy atom. The van der Waals surface area contributed by atoms with Gasteiger partial charge in [-0.3, -0.25) is 0 Å². The second kappa shape index (κ2) is 5.22. The molecule has 1 aliphatic heterocycles. The zero-order valence-corrected chi connectivity index (χ0v) is 11.0. The van der Waals surface area contributed by atoms with E-state index in [1.165, 1.54) is 11.1 Å². The Kier molecular flexibility index (Phi) is 3.27. The van der Waals surface area contributed by atoms with Crippen LogP contribution in [0.3, 0.4) is 0 Å². The molecule has 0 bridgehead atoms. The third kappa shape index (κ3) is 2.50. The van der Waals surface area contributed by atoms with Gasteiger partial charge >= 0.3 is 0 Å². The minimum absolute atomic E-state index is 0.694. The Balaban J connectivity index is 1.89. The number of fused-ring (bicyclic) bond motifs is 1. The molecule has 3 rings (SSSR count). The highest BCUT2D eigenvalue weighted by Crippen LogP contribution is 2.32. The van der Waals surface area contributed by atoms with Crippen molar-refractivity contribution in [1.29, 1.82) is 0 Å². The van der Waals surface area contributed by atoms with Crippen LogP contribution in [0.15, 0.2) is 42.5 Å². The van der Waals surface area contributed by atoms with E-state index in [0.717, 1.165) is 30.3 Å². The maximum atomic E-state index is 5.58. The summed E-state index contributed by atoms with van der Waals surface area (Å²) in [6.07, 6.45) is 0. The van der Waals surface area contributed by atoms with Gasteiger partial charge in [0.25, 0.3) is 0 Å². The van der Waals surface area contributed by atoms with Crippen molar-refractivity contribution in [3.05, 3.63) is 42.5 Å². The van der Waals surface area contributed by atoms with Gasteiger partial charge in [-0.2, -0.15) is 0 Å². The molecule has 0 fully saturated rings. The fourth-order valence-electron chi connectivity index (χ4n) is 2.23. The molecule has 1 heterocycles. The van der Waals surface area contributed by atoms with E-state index < -0.39 is 0 Å². The van der Waals surface area contributed by atoms with Crippen LogP contribution in [0.25, 0.3) is 11.1 Å². The molecule has 19 heavy (non-hydrogen) atoms. The van der Waals surface area contributed by atoms with Crippen molar-refractivity contribution in [3.63, 3.8) is 0 Å². The van der Waals surface area contributed by atoms with E-state index >= 15 is 0 Å². The van der Waals surface area contributed by atoms with Crippen LogP contribution in [-0.4, -0.2) is 19.8 Å². The lowest BCUT2D eigenvalue weighted by molar-refractivity contribution is 0.323. The van der Waals surface area contributed by atoms with Crippen LogP contribution in [0.4, 0.5) is 5.69 Å². The van der Waals surface area contributed by atoms with Crippen LogP contribution in [0.5, 0.6) is 11.5 Å². The van der Waals surface area contributed by atoms with Crippen LogP contribution < -0.4 is 14.8 Å². The third-order valence-electron chi connectivity index (χ3n) is 3.15. The number of hydrogen-bond donors (Lipinski definition) is 1. The molecule has 0 radical (unpaired) electrons. The summed E-state index contributed by atoms with van der Waals surface area (Å²) in [7, 11) is 0. The van der Waals surface area contributed by atoms with E-state index in [0.29, 0.717) is 6.61 Å². The summed E-state index contributed by atoms with van der Waals surface area (Å²) >= 11 is 0. The Labute approximate surface area is 113 Å². The molecule has 2 aromatic carbocycles. The molecule has 0 amide bonds. The van der Waals surface area contributed by atoms with Gasteiger partial charge in [0.2, 0.25) is 0 Å². The van der Waals surface area contributed by atoms with E-state index in [2.05, 4.69) is 29.6 Å². The predicted molar refractivity (Wildman–Crippen MR) is 77.0 cm³/mol. The number of benzene rings is 2. The maximum Gasteiger partial charge on any atom is 0.142 e. The summed E-state index contributed by atoms with van der Waals surface area (Å²) in [5, 5.41) is 3.35. The van der Waals surface area contributed by atoms with Gasteiger partial charge in [-0.15, -0.1) is 0 Å². The summed E-state index contributed by atoms with van der Waals surface area (Å²) in [5.41, 5.74) is 3.43. The number of ether oxygens (including phenoxy) is 2. The van der Waals surface area contributed by atoms with E-state index in [1.807, 2.05) is 25.1 Å². The van der Waals surface area contributed by atoms with Gasteiger partial charge < -0.3 is 14.8 Å². The van der Waals surface area contributed by atoms with Crippen molar-refractivity contribution in [2.45, 2.75) is 6.92 Å². The van der Waals surface area contributed by atoms with E-state index in [4.69, 9.17) is 9.47 Å². The van der Waals surface area contributed by atoms with E-state index in [9.17, 15) is 0 Å². The molecule has 3 nitrogen and oxygen atoms in total. The van der Waals surface area contributed by atoms with Crippen LogP contribution in [0.2, 0.25) is 0 Å². The molecule has 0 atom stereocenters. The van der Waals surface area contributed by atoms with Gasteiger partial charge in [0.15, 0.2) is 0 Å². The summed E-state index contributed by atoms with van der Waals surface area (Å²) in [6.45, 7) is 4.28. The van der Waals surface area contributed by atoms with Gasteiger partial charge in [-0.1, -0.05) is 18.2 Å². The number of nitrogens with one attached hydrogen (secondary N) is 1. The van der Waals surface area contributed by atoms with Crippen molar-refractivity contribution in [3.8, 4) is 22.6 Å². The lowest BCUT2D eigenvalue weighted by Crippen LogP contribution is -2.17. The largest absolute Gasteiger partial charge is 0.494 e. The number of anilines is 1. The summed E-state index contributed by atoms with van der Waals surface area (Å²) in [4.78, 5) is 0. The minimum atomic E-state index is 0.694. The molecule has 0 saturated carbocycles. The van der Waals surface area contributed by atoms with Gasteiger partial charge in [-0.25, -0.2) is 0 Å².